The number of rotatable bonds is 5. The Morgan fingerprint density at radius 3 is 2.33 bits per heavy atom. The van der Waals surface area contributed by atoms with Crippen LogP contribution in [0.3, 0.4) is 0 Å². The van der Waals surface area contributed by atoms with Gasteiger partial charge in [-0.05, 0) is 43.4 Å². The van der Waals surface area contributed by atoms with Crippen molar-refractivity contribution in [1.82, 2.24) is 20.7 Å². The molecule has 1 heterocycles. The van der Waals surface area contributed by atoms with Gasteiger partial charge < -0.3 is 4.52 Å². The summed E-state index contributed by atoms with van der Waals surface area (Å²) in [7, 11) is -3.88. The predicted molar refractivity (Wildman–Crippen MR) is 117 cm³/mol. The Bertz CT molecular complexity index is 1190. The molecule has 0 unspecified atom stereocenters. The average Bonchev–Trinajstić information content (AvgIpc) is 3.08. The lowest BCUT2D eigenvalue weighted by molar-refractivity contribution is 0.0975. The molecule has 3 aromatic rings. The van der Waals surface area contributed by atoms with E-state index in [1.54, 1.807) is 36.4 Å². The van der Waals surface area contributed by atoms with E-state index < -0.39 is 15.9 Å². The third-order valence-electron chi connectivity index (χ3n) is 3.87. The monoisotopic (exact) mass is 484 g/mol. The van der Waals surface area contributed by atoms with Crippen LogP contribution < -0.4 is 15.6 Å². The van der Waals surface area contributed by atoms with Crippen LogP contribution >= 0.6 is 35.4 Å². The van der Waals surface area contributed by atoms with Crippen LogP contribution in [0.4, 0.5) is 0 Å². The van der Waals surface area contributed by atoms with Crippen LogP contribution in [0.1, 0.15) is 16.1 Å². The highest BCUT2D eigenvalue weighted by Gasteiger charge is 2.25. The zero-order valence-electron chi connectivity index (χ0n) is 15.3. The summed E-state index contributed by atoms with van der Waals surface area (Å²) in [6.45, 7) is 1.53. The number of hydrazine groups is 1. The minimum absolute atomic E-state index is 0.0251. The highest BCUT2D eigenvalue weighted by Crippen LogP contribution is 2.36. The number of hydrogen-bond donors (Lipinski definition) is 3. The second kappa shape index (κ2) is 9.11. The molecule has 1 amide bonds. The Hall–Kier alpha value is -2.50. The minimum Gasteiger partial charge on any atom is -0.360 e. The maximum Gasteiger partial charge on any atom is 0.263 e. The maximum absolute atomic E-state index is 12.7. The topological polar surface area (TPSA) is 113 Å². The quantitative estimate of drug-likeness (QED) is 0.375. The Kier molecular flexibility index (Phi) is 6.74. The van der Waals surface area contributed by atoms with Gasteiger partial charge in [0.25, 0.3) is 15.9 Å². The first-order valence-corrected chi connectivity index (χ1v) is 10.9. The van der Waals surface area contributed by atoms with Gasteiger partial charge in [-0.2, -0.15) is 0 Å². The molecule has 0 spiro atoms. The number of amides is 1. The van der Waals surface area contributed by atoms with Crippen LogP contribution in [0.2, 0.25) is 10.0 Å². The van der Waals surface area contributed by atoms with Gasteiger partial charge in [-0.3, -0.25) is 15.5 Å². The van der Waals surface area contributed by atoms with Crippen molar-refractivity contribution >= 4 is 56.5 Å². The molecule has 0 atom stereocenters. The highest BCUT2D eigenvalue weighted by molar-refractivity contribution is 7.89. The summed E-state index contributed by atoms with van der Waals surface area (Å²) in [6, 6.07) is 12.5. The van der Waals surface area contributed by atoms with E-state index in [0.717, 1.165) is 0 Å². The van der Waals surface area contributed by atoms with Gasteiger partial charge >= 0.3 is 0 Å². The fraction of sp³-hybridized carbons (Fsp3) is 0.0556. The SMILES string of the molecule is Cc1onc(-c2c(Cl)cccc2Cl)c1C(=O)NC(=S)NNS(=O)(=O)c1ccccc1. The molecule has 3 N–H and O–H groups in total. The average molecular weight is 485 g/mol. The number of aromatic nitrogens is 1. The Morgan fingerprint density at radius 2 is 1.70 bits per heavy atom. The molecule has 2 aromatic carbocycles. The Labute approximate surface area is 187 Å². The first-order chi connectivity index (χ1) is 14.2. The fourth-order valence-corrected chi connectivity index (χ4v) is 4.16. The smallest absolute Gasteiger partial charge is 0.263 e. The lowest BCUT2D eigenvalue weighted by atomic mass is 10.1. The summed E-state index contributed by atoms with van der Waals surface area (Å²) >= 11 is 17.4. The van der Waals surface area contributed by atoms with E-state index in [4.69, 9.17) is 39.9 Å². The van der Waals surface area contributed by atoms with Crippen molar-refractivity contribution in [2.75, 3.05) is 0 Å². The van der Waals surface area contributed by atoms with Gasteiger partial charge in [0.1, 0.15) is 17.0 Å². The molecule has 0 saturated heterocycles. The molecule has 12 heteroatoms. The molecular formula is C18H14Cl2N4O4S2. The first-order valence-electron chi connectivity index (χ1n) is 8.29. The van der Waals surface area contributed by atoms with Gasteiger partial charge in [-0.25, -0.2) is 8.42 Å². The van der Waals surface area contributed by atoms with E-state index in [-0.39, 0.29) is 37.1 Å². The lowest BCUT2D eigenvalue weighted by Crippen LogP contribution is -2.48. The zero-order chi connectivity index (χ0) is 21.9. The molecule has 0 aliphatic carbocycles. The molecule has 1 aromatic heterocycles. The van der Waals surface area contributed by atoms with Crippen LogP contribution in [0.15, 0.2) is 57.9 Å². The molecule has 0 aliphatic heterocycles. The fourth-order valence-electron chi connectivity index (χ4n) is 2.50. The van der Waals surface area contributed by atoms with Crippen LogP contribution in [0.5, 0.6) is 0 Å². The van der Waals surface area contributed by atoms with Gasteiger partial charge in [0.05, 0.1) is 14.9 Å². The second-order valence-electron chi connectivity index (χ2n) is 5.89. The Morgan fingerprint density at radius 1 is 1.07 bits per heavy atom. The Balaban J connectivity index is 1.76. The summed E-state index contributed by atoms with van der Waals surface area (Å²) < 4.78 is 29.6. The molecule has 3 rings (SSSR count). The number of sulfonamides is 1. The van der Waals surface area contributed by atoms with Gasteiger partial charge in [0.15, 0.2) is 5.11 Å². The van der Waals surface area contributed by atoms with E-state index in [2.05, 4.69) is 20.7 Å². The summed E-state index contributed by atoms with van der Waals surface area (Å²) in [6.07, 6.45) is 0. The van der Waals surface area contributed by atoms with Crippen molar-refractivity contribution in [2.45, 2.75) is 11.8 Å². The number of thiocarbonyl (C=S) groups is 1. The van der Waals surface area contributed by atoms with E-state index in [9.17, 15) is 13.2 Å². The van der Waals surface area contributed by atoms with Crippen LogP contribution in [-0.2, 0) is 10.0 Å². The first kappa shape index (κ1) is 22.2. The van der Waals surface area contributed by atoms with E-state index >= 15 is 0 Å². The number of halogens is 2. The van der Waals surface area contributed by atoms with Crippen molar-refractivity contribution in [3.63, 3.8) is 0 Å². The van der Waals surface area contributed by atoms with Crippen molar-refractivity contribution in [2.24, 2.45) is 0 Å². The summed E-state index contributed by atoms with van der Waals surface area (Å²) in [4.78, 5) is 14.9. The number of carbonyl (C=O) groups is 1. The minimum atomic E-state index is -3.88. The largest absolute Gasteiger partial charge is 0.360 e. The highest BCUT2D eigenvalue weighted by atomic mass is 35.5. The predicted octanol–water partition coefficient (Wildman–Crippen LogP) is 3.45. The molecule has 0 radical (unpaired) electrons. The number of nitrogens with one attached hydrogen (secondary N) is 3. The molecule has 30 heavy (non-hydrogen) atoms. The van der Waals surface area contributed by atoms with E-state index in [1.165, 1.54) is 19.1 Å². The van der Waals surface area contributed by atoms with Gasteiger partial charge in [0.2, 0.25) is 0 Å². The number of hydrogen-bond acceptors (Lipinski definition) is 6. The number of carbonyl (C=O) groups excluding carboxylic acids is 1. The number of nitrogens with zero attached hydrogens (tertiary/aromatic N) is 1. The number of aryl methyl sites for hydroxylation is 1. The molecule has 0 bridgehead atoms. The zero-order valence-corrected chi connectivity index (χ0v) is 18.4. The maximum atomic E-state index is 12.7. The third-order valence-corrected chi connectivity index (χ3v) is 5.97. The van der Waals surface area contributed by atoms with Crippen LogP contribution in [-0.4, -0.2) is 24.6 Å². The van der Waals surface area contributed by atoms with E-state index in [1.807, 2.05) is 0 Å². The normalized spacial score (nSPS) is 11.2. The molecule has 8 nitrogen and oxygen atoms in total. The summed E-state index contributed by atoms with van der Waals surface area (Å²) in [5, 5.41) is 6.52. The van der Waals surface area contributed by atoms with Crippen molar-refractivity contribution in [3.05, 3.63) is 69.9 Å². The standard InChI is InChI=1S/C18H14Cl2N4O4S2/c1-10-14(16(23-28-10)15-12(19)8-5-9-13(15)20)17(25)21-18(29)22-24-30(26,27)11-6-3-2-4-7-11/h2-9,24H,1H3,(H2,21,22,25,29). The summed E-state index contributed by atoms with van der Waals surface area (Å²) in [5.41, 5.74) is 2.79. The summed E-state index contributed by atoms with van der Waals surface area (Å²) in [5.74, 6) is -0.484. The van der Waals surface area contributed by atoms with Crippen molar-refractivity contribution in [3.8, 4) is 11.3 Å². The van der Waals surface area contributed by atoms with Gasteiger partial charge in [-0.1, -0.05) is 52.6 Å². The van der Waals surface area contributed by atoms with Crippen molar-refractivity contribution in [1.29, 1.82) is 0 Å². The number of benzene rings is 2. The lowest BCUT2D eigenvalue weighted by Gasteiger charge is -2.12. The van der Waals surface area contributed by atoms with Gasteiger partial charge in [0, 0.05) is 5.56 Å². The molecule has 0 aliphatic rings. The third kappa shape index (κ3) is 4.79. The second-order valence-corrected chi connectivity index (χ2v) is 8.79. The molecule has 0 fully saturated rings. The van der Waals surface area contributed by atoms with Crippen LogP contribution in [0, 0.1) is 6.92 Å². The molecular weight excluding hydrogens is 471 g/mol. The molecule has 0 saturated carbocycles. The van der Waals surface area contributed by atoms with Crippen molar-refractivity contribution < 1.29 is 17.7 Å². The van der Waals surface area contributed by atoms with E-state index in [0.29, 0.717) is 5.56 Å². The van der Waals surface area contributed by atoms with Gasteiger partial charge in [-0.15, -0.1) is 4.83 Å². The molecule has 156 valence electrons. The van der Waals surface area contributed by atoms with Crippen LogP contribution in [0.25, 0.3) is 11.3 Å².